The van der Waals surface area contributed by atoms with E-state index in [1.807, 2.05) is 59.9 Å². The molecule has 0 saturated carbocycles. The highest BCUT2D eigenvalue weighted by molar-refractivity contribution is 5.96. The molecule has 2 rings (SSSR count). The van der Waals surface area contributed by atoms with E-state index in [9.17, 15) is 9.59 Å². The summed E-state index contributed by atoms with van der Waals surface area (Å²) in [6, 6.07) is 15.4. The number of ether oxygens (including phenoxy) is 1. The highest BCUT2D eigenvalue weighted by Crippen LogP contribution is 2.12. The highest BCUT2D eigenvalue weighted by atomic mass is 16.5. The summed E-state index contributed by atoms with van der Waals surface area (Å²) >= 11 is 0. The zero-order chi connectivity index (χ0) is 16.7. The first-order valence-corrected chi connectivity index (χ1v) is 7.21. The van der Waals surface area contributed by atoms with Crippen molar-refractivity contribution >= 4 is 11.9 Å². The molecule has 0 fully saturated rings. The topological polar surface area (TPSA) is 98.0 Å². The zero-order valence-corrected chi connectivity index (χ0v) is 12.9. The lowest BCUT2D eigenvalue weighted by molar-refractivity contribution is -0.698. The molecule has 0 radical (unpaired) electrons. The number of benzene rings is 2. The third kappa shape index (κ3) is 4.82. The van der Waals surface area contributed by atoms with Crippen molar-refractivity contribution in [3.05, 3.63) is 65.7 Å². The van der Waals surface area contributed by atoms with Gasteiger partial charge in [-0.2, -0.15) is 0 Å². The summed E-state index contributed by atoms with van der Waals surface area (Å²) in [6.07, 6.45) is 0. The van der Waals surface area contributed by atoms with Gasteiger partial charge in [-0.1, -0.05) is 30.3 Å². The average Bonchev–Trinajstić information content (AvgIpc) is 2.56. The second kappa shape index (κ2) is 7.95. The first-order chi connectivity index (χ1) is 11.1. The number of amides is 3. The van der Waals surface area contributed by atoms with Crippen molar-refractivity contribution in [2.45, 2.75) is 12.6 Å². The number of primary amides is 1. The maximum Gasteiger partial charge on any atom is 0.319 e. The smallest absolute Gasteiger partial charge is 0.319 e. The summed E-state index contributed by atoms with van der Waals surface area (Å²) in [5, 5.41) is 4.00. The first-order valence-electron chi connectivity index (χ1n) is 7.21. The Morgan fingerprint density at radius 2 is 1.78 bits per heavy atom. The Labute approximate surface area is 134 Å². The number of carbonyl (C=O) groups is 2. The lowest BCUT2D eigenvalue weighted by Crippen LogP contribution is -2.86. The Bertz CT molecular complexity index is 657. The largest absolute Gasteiger partial charge is 0.497 e. The molecule has 6 heteroatoms. The molecular weight excluding hydrogens is 294 g/mol. The second-order valence-electron chi connectivity index (χ2n) is 5.03. The monoisotopic (exact) mass is 314 g/mol. The van der Waals surface area contributed by atoms with E-state index < -0.39 is 18.0 Å². The Balaban J connectivity index is 2.10. The van der Waals surface area contributed by atoms with Crippen LogP contribution in [0.1, 0.15) is 17.2 Å². The minimum absolute atomic E-state index is 0.433. The summed E-state index contributed by atoms with van der Waals surface area (Å²) in [5.41, 5.74) is 6.90. The number of rotatable bonds is 6. The number of hydrogen-bond acceptors (Lipinski definition) is 3. The standard InChI is InChI=1S/C17H19N3O3/c1-23-14-9-7-12(8-10-14)11-19-15(16(21)20-17(18)22)13-5-3-2-4-6-13/h2-10,15,19H,11H2,1H3,(H3,18,20,21,22)/p+1/t15-/m0/s1. The normalized spacial score (nSPS) is 11.5. The summed E-state index contributed by atoms with van der Waals surface area (Å²) in [6.45, 7) is 0.579. The third-order valence-corrected chi connectivity index (χ3v) is 3.44. The number of imide groups is 1. The van der Waals surface area contributed by atoms with E-state index in [0.717, 1.165) is 16.9 Å². The van der Waals surface area contributed by atoms with E-state index in [1.54, 1.807) is 7.11 Å². The fourth-order valence-electron chi connectivity index (χ4n) is 2.27. The van der Waals surface area contributed by atoms with Crippen LogP contribution < -0.4 is 21.1 Å². The van der Waals surface area contributed by atoms with Crippen LogP contribution in [0.15, 0.2) is 54.6 Å². The SMILES string of the molecule is COc1ccc(C[NH2+][C@H](C(=O)NC(N)=O)c2ccccc2)cc1. The molecule has 0 aliphatic rings. The van der Waals surface area contributed by atoms with Crippen molar-refractivity contribution in [3.8, 4) is 5.75 Å². The molecule has 2 aromatic carbocycles. The minimum Gasteiger partial charge on any atom is -0.497 e. The molecule has 0 spiro atoms. The van der Waals surface area contributed by atoms with Gasteiger partial charge in [0, 0.05) is 11.1 Å². The van der Waals surface area contributed by atoms with Gasteiger partial charge in [0.25, 0.3) is 5.91 Å². The van der Waals surface area contributed by atoms with Gasteiger partial charge in [0.15, 0.2) is 6.04 Å². The predicted molar refractivity (Wildman–Crippen MR) is 85.5 cm³/mol. The molecule has 0 heterocycles. The number of methoxy groups -OCH3 is 1. The van der Waals surface area contributed by atoms with E-state index in [0.29, 0.717) is 6.54 Å². The fourth-order valence-corrected chi connectivity index (χ4v) is 2.27. The van der Waals surface area contributed by atoms with E-state index >= 15 is 0 Å². The van der Waals surface area contributed by atoms with Gasteiger partial charge in [-0.05, 0) is 24.3 Å². The average molecular weight is 314 g/mol. The molecule has 1 atom stereocenters. The molecule has 5 N–H and O–H groups in total. The van der Waals surface area contributed by atoms with Gasteiger partial charge in [0.1, 0.15) is 12.3 Å². The molecule has 0 bridgehead atoms. The Hall–Kier alpha value is -2.86. The first kappa shape index (κ1) is 16.5. The van der Waals surface area contributed by atoms with E-state index in [4.69, 9.17) is 10.5 Å². The van der Waals surface area contributed by atoms with Crippen molar-refractivity contribution < 1.29 is 19.6 Å². The molecule has 120 valence electrons. The number of nitrogens with two attached hydrogens (primary N) is 2. The van der Waals surface area contributed by atoms with Gasteiger partial charge in [-0.3, -0.25) is 10.1 Å². The Kier molecular flexibility index (Phi) is 5.71. The number of nitrogens with one attached hydrogen (secondary N) is 1. The summed E-state index contributed by atoms with van der Waals surface area (Å²) < 4.78 is 5.12. The molecule has 6 nitrogen and oxygen atoms in total. The van der Waals surface area contributed by atoms with Gasteiger partial charge < -0.3 is 15.8 Å². The van der Waals surface area contributed by atoms with Crippen molar-refractivity contribution in [3.63, 3.8) is 0 Å². The van der Waals surface area contributed by atoms with Crippen LogP contribution in [0.2, 0.25) is 0 Å². The van der Waals surface area contributed by atoms with Crippen LogP contribution in [-0.2, 0) is 11.3 Å². The summed E-state index contributed by atoms with van der Waals surface area (Å²) in [7, 11) is 1.61. The lowest BCUT2D eigenvalue weighted by atomic mass is 10.1. The molecule has 23 heavy (non-hydrogen) atoms. The predicted octanol–water partition coefficient (Wildman–Crippen LogP) is 0.695. The second-order valence-corrected chi connectivity index (χ2v) is 5.03. The number of urea groups is 1. The Morgan fingerprint density at radius 3 is 2.35 bits per heavy atom. The van der Waals surface area contributed by atoms with Crippen LogP contribution >= 0.6 is 0 Å². The van der Waals surface area contributed by atoms with Crippen LogP contribution in [0.4, 0.5) is 4.79 Å². The molecule has 0 unspecified atom stereocenters. The van der Waals surface area contributed by atoms with Gasteiger partial charge >= 0.3 is 6.03 Å². The maximum atomic E-state index is 12.2. The molecule has 0 aromatic heterocycles. The van der Waals surface area contributed by atoms with Crippen molar-refractivity contribution in [2.24, 2.45) is 5.73 Å². The summed E-state index contributed by atoms with van der Waals surface area (Å²) in [5.74, 6) is 0.344. The maximum absolute atomic E-state index is 12.2. The molecule has 0 aliphatic carbocycles. The minimum atomic E-state index is -0.853. The lowest BCUT2D eigenvalue weighted by Gasteiger charge is -2.15. The zero-order valence-electron chi connectivity index (χ0n) is 12.9. The van der Waals surface area contributed by atoms with Gasteiger partial charge in [-0.15, -0.1) is 0 Å². The van der Waals surface area contributed by atoms with Crippen LogP contribution in [0.3, 0.4) is 0 Å². The summed E-state index contributed by atoms with van der Waals surface area (Å²) in [4.78, 5) is 23.2. The quantitative estimate of drug-likeness (QED) is 0.732. The van der Waals surface area contributed by atoms with Crippen LogP contribution in [-0.4, -0.2) is 19.0 Å². The van der Waals surface area contributed by atoms with Crippen molar-refractivity contribution in [1.29, 1.82) is 0 Å². The van der Waals surface area contributed by atoms with E-state index in [2.05, 4.69) is 5.32 Å². The van der Waals surface area contributed by atoms with Gasteiger partial charge in [0.2, 0.25) is 0 Å². The fraction of sp³-hybridized carbons (Fsp3) is 0.176. The molecular formula is C17H20N3O3+. The molecule has 0 aliphatic heterocycles. The van der Waals surface area contributed by atoms with Crippen molar-refractivity contribution in [1.82, 2.24) is 5.32 Å². The van der Waals surface area contributed by atoms with Crippen molar-refractivity contribution in [2.75, 3.05) is 7.11 Å². The molecule has 0 saturated heterocycles. The third-order valence-electron chi connectivity index (χ3n) is 3.44. The number of hydrogen-bond donors (Lipinski definition) is 3. The Morgan fingerprint density at radius 1 is 1.13 bits per heavy atom. The van der Waals surface area contributed by atoms with E-state index in [1.165, 1.54) is 0 Å². The van der Waals surface area contributed by atoms with Gasteiger partial charge in [-0.25, -0.2) is 4.79 Å². The molecule has 2 aromatic rings. The van der Waals surface area contributed by atoms with Gasteiger partial charge in [0.05, 0.1) is 7.11 Å². The molecule has 3 amide bonds. The van der Waals surface area contributed by atoms with E-state index in [-0.39, 0.29) is 0 Å². The number of carbonyl (C=O) groups excluding carboxylic acids is 2. The van der Waals surface area contributed by atoms with Crippen LogP contribution in [0, 0.1) is 0 Å². The highest BCUT2D eigenvalue weighted by Gasteiger charge is 2.24. The van der Waals surface area contributed by atoms with Crippen LogP contribution in [0.5, 0.6) is 5.75 Å². The van der Waals surface area contributed by atoms with Crippen LogP contribution in [0.25, 0.3) is 0 Å². The number of quaternary nitrogens is 1.